The van der Waals surface area contributed by atoms with E-state index in [1.807, 2.05) is 42.5 Å². The van der Waals surface area contributed by atoms with Gasteiger partial charge in [0, 0.05) is 30.9 Å². The molecule has 3 aromatic rings. The first-order chi connectivity index (χ1) is 13.7. The molecule has 0 aliphatic carbocycles. The lowest BCUT2D eigenvalue weighted by molar-refractivity contribution is -0.125. The zero-order chi connectivity index (χ0) is 19.3. The van der Waals surface area contributed by atoms with Gasteiger partial charge < -0.3 is 15.0 Å². The Hall–Kier alpha value is -3.08. The number of fused-ring (bicyclic) bond motifs is 1. The fraction of sp³-hybridized carbons (Fsp3) is 0.304. The number of para-hydroxylation sites is 1. The lowest BCUT2D eigenvalue weighted by atomic mass is 9.95. The van der Waals surface area contributed by atoms with E-state index in [0.29, 0.717) is 6.54 Å². The first-order valence-corrected chi connectivity index (χ1v) is 9.74. The van der Waals surface area contributed by atoms with Crippen LogP contribution in [0, 0.1) is 5.92 Å². The van der Waals surface area contributed by atoms with E-state index in [-0.39, 0.29) is 11.8 Å². The second-order valence-corrected chi connectivity index (χ2v) is 7.19. The van der Waals surface area contributed by atoms with Gasteiger partial charge in [-0.3, -0.25) is 4.79 Å². The topological polar surface area (TPSA) is 54.5 Å². The van der Waals surface area contributed by atoms with Gasteiger partial charge in [-0.15, -0.1) is 0 Å². The highest BCUT2D eigenvalue weighted by Crippen LogP contribution is 2.24. The second kappa shape index (κ2) is 8.30. The van der Waals surface area contributed by atoms with E-state index in [1.165, 1.54) is 0 Å². The minimum atomic E-state index is 0.0648. The number of carbonyl (C=O) groups is 1. The summed E-state index contributed by atoms with van der Waals surface area (Å²) in [5.74, 6) is 2.03. The maximum absolute atomic E-state index is 12.5. The largest absolute Gasteiger partial charge is 0.497 e. The minimum Gasteiger partial charge on any atom is -0.497 e. The summed E-state index contributed by atoms with van der Waals surface area (Å²) < 4.78 is 5.16. The van der Waals surface area contributed by atoms with Gasteiger partial charge >= 0.3 is 0 Å². The normalized spacial score (nSPS) is 14.8. The number of pyridine rings is 1. The molecule has 2 aromatic carbocycles. The maximum atomic E-state index is 12.5. The van der Waals surface area contributed by atoms with Gasteiger partial charge in [0.15, 0.2) is 0 Å². The summed E-state index contributed by atoms with van der Waals surface area (Å²) in [6, 6.07) is 20.1. The lowest BCUT2D eigenvalue weighted by Crippen LogP contribution is -2.40. The molecule has 4 rings (SSSR count). The Labute approximate surface area is 165 Å². The average molecular weight is 375 g/mol. The molecule has 1 amide bonds. The van der Waals surface area contributed by atoms with Crippen LogP contribution in [0.15, 0.2) is 60.7 Å². The summed E-state index contributed by atoms with van der Waals surface area (Å²) in [6.07, 6.45) is 1.70. The average Bonchev–Trinajstić information content (AvgIpc) is 2.77. The minimum absolute atomic E-state index is 0.0648. The number of ether oxygens (including phenoxy) is 1. The highest BCUT2D eigenvalue weighted by Gasteiger charge is 2.25. The molecule has 1 aliphatic heterocycles. The molecule has 1 saturated heterocycles. The standard InChI is InChI=1S/C23H25N3O2/c1-28-20-9-6-17(7-10-20)16-24-23(27)19-12-14-26(15-13-19)22-11-8-18-4-2-3-5-21(18)25-22/h2-11,19H,12-16H2,1H3,(H,24,27). The molecule has 144 valence electrons. The summed E-state index contributed by atoms with van der Waals surface area (Å²) in [5, 5.41) is 4.22. The fourth-order valence-corrected chi connectivity index (χ4v) is 3.68. The molecule has 5 nitrogen and oxygen atoms in total. The number of amides is 1. The van der Waals surface area contributed by atoms with Gasteiger partial charge in [-0.1, -0.05) is 30.3 Å². The third kappa shape index (κ3) is 4.09. The molecule has 0 saturated carbocycles. The molecule has 28 heavy (non-hydrogen) atoms. The number of aromatic nitrogens is 1. The van der Waals surface area contributed by atoms with Crippen molar-refractivity contribution in [2.45, 2.75) is 19.4 Å². The molecular formula is C23H25N3O2. The van der Waals surface area contributed by atoms with Crippen LogP contribution in [0.1, 0.15) is 18.4 Å². The molecule has 0 unspecified atom stereocenters. The maximum Gasteiger partial charge on any atom is 0.223 e. The molecule has 1 aromatic heterocycles. The van der Waals surface area contributed by atoms with Gasteiger partial charge in [0.05, 0.1) is 12.6 Å². The quantitative estimate of drug-likeness (QED) is 0.737. The van der Waals surface area contributed by atoms with Crippen LogP contribution in [-0.4, -0.2) is 31.1 Å². The van der Waals surface area contributed by atoms with Crippen LogP contribution in [0.2, 0.25) is 0 Å². The third-order valence-corrected chi connectivity index (χ3v) is 5.40. The molecule has 1 N–H and O–H groups in total. The van der Waals surface area contributed by atoms with E-state index in [4.69, 9.17) is 9.72 Å². The summed E-state index contributed by atoms with van der Waals surface area (Å²) in [7, 11) is 1.65. The monoisotopic (exact) mass is 375 g/mol. The Morgan fingerprint density at radius 2 is 1.82 bits per heavy atom. The number of piperidine rings is 1. The van der Waals surface area contributed by atoms with Crippen LogP contribution in [0.4, 0.5) is 5.82 Å². The predicted octanol–water partition coefficient (Wildman–Crippen LogP) is 3.78. The van der Waals surface area contributed by atoms with Crippen molar-refractivity contribution in [3.05, 3.63) is 66.2 Å². The first kappa shape index (κ1) is 18.3. The highest BCUT2D eigenvalue weighted by atomic mass is 16.5. The lowest BCUT2D eigenvalue weighted by Gasteiger charge is -2.32. The summed E-state index contributed by atoms with van der Waals surface area (Å²) in [5.41, 5.74) is 2.09. The number of anilines is 1. The van der Waals surface area contributed by atoms with Gasteiger partial charge in [0.1, 0.15) is 11.6 Å². The number of methoxy groups -OCH3 is 1. The predicted molar refractivity (Wildman–Crippen MR) is 112 cm³/mol. The van der Waals surface area contributed by atoms with Crippen LogP contribution in [0.5, 0.6) is 5.75 Å². The molecule has 0 atom stereocenters. The summed E-state index contributed by atoms with van der Waals surface area (Å²) in [4.78, 5) is 19.6. The SMILES string of the molecule is COc1ccc(CNC(=O)C2CCN(c3ccc4ccccc4n3)CC2)cc1. The van der Waals surface area contributed by atoms with E-state index in [2.05, 4.69) is 28.4 Å². The second-order valence-electron chi connectivity index (χ2n) is 7.19. The van der Waals surface area contributed by atoms with Gasteiger partial charge in [-0.05, 0) is 48.7 Å². The van der Waals surface area contributed by atoms with Crippen molar-refractivity contribution in [2.75, 3.05) is 25.1 Å². The molecule has 0 spiro atoms. The van der Waals surface area contributed by atoms with Crippen molar-refractivity contribution < 1.29 is 9.53 Å². The van der Waals surface area contributed by atoms with E-state index in [1.54, 1.807) is 7.11 Å². The number of nitrogens with zero attached hydrogens (tertiary/aromatic N) is 2. The van der Waals surface area contributed by atoms with Gasteiger partial charge in [-0.2, -0.15) is 0 Å². The Kier molecular flexibility index (Phi) is 5.42. The van der Waals surface area contributed by atoms with Gasteiger partial charge in [0.25, 0.3) is 0 Å². The van der Waals surface area contributed by atoms with Crippen LogP contribution in [-0.2, 0) is 11.3 Å². The van der Waals surface area contributed by atoms with Crippen molar-refractivity contribution >= 4 is 22.6 Å². The Morgan fingerprint density at radius 3 is 2.57 bits per heavy atom. The zero-order valence-corrected chi connectivity index (χ0v) is 16.1. The molecular weight excluding hydrogens is 350 g/mol. The van der Waals surface area contributed by atoms with Crippen molar-refractivity contribution in [3.8, 4) is 5.75 Å². The number of benzene rings is 2. The van der Waals surface area contributed by atoms with Crippen LogP contribution < -0.4 is 15.0 Å². The van der Waals surface area contributed by atoms with Crippen molar-refractivity contribution in [2.24, 2.45) is 5.92 Å². The number of nitrogens with one attached hydrogen (secondary N) is 1. The number of carbonyl (C=O) groups excluding carboxylic acids is 1. The van der Waals surface area contributed by atoms with Crippen molar-refractivity contribution in [1.29, 1.82) is 0 Å². The highest BCUT2D eigenvalue weighted by molar-refractivity contribution is 5.81. The summed E-state index contributed by atoms with van der Waals surface area (Å²) in [6.45, 7) is 2.26. The van der Waals surface area contributed by atoms with Crippen molar-refractivity contribution in [3.63, 3.8) is 0 Å². The number of hydrogen-bond acceptors (Lipinski definition) is 4. The zero-order valence-electron chi connectivity index (χ0n) is 16.1. The van der Waals surface area contributed by atoms with Gasteiger partial charge in [-0.25, -0.2) is 4.98 Å². The van der Waals surface area contributed by atoms with E-state index in [9.17, 15) is 4.79 Å². The molecule has 1 aliphatic rings. The number of hydrogen-bond donors (Lipinski definition) is 1. The Morgan fingerprint density at radius 1 is 1.07 bits per heavy atom. The fourth-order valence-electron chi connectivity index (χ4n) is 3.68. The smallest absolute Gasteiger partial charge is 0.223 e. The Bertz CT molecular complexity index is 947. The van der Waals surface area contributed by atoms with Crippen LogP contribution in [0.25, 0.3) is 10.9 Å². The Balaban J connectivity index is 1.30. The molecule has 0 radical (unpaired) electrons. The third-order valence-electron chi connectivity index (χ3n) is 5.40. The van der Waals surface area contributed by atoms with E-state index in [0.717, 1.165) is 54.0 Å². The molecule has 1 fully saturated rings. The van der Waals surface area contributed by atoms with Gasteiger partial charge in [0.2, 0.25) is 5.91 Å². The van der Waals surface area contributed by atoms with Crippen LogP contribution >= 0.6 is 0 Å². The van der Waals surface area contributed by atoms with E-state index < -0.39 is 0 Å². The van der Waals surface area contributed by atoms with Crippen molar-refractivity contribution in [1.82, 2.24) is 10.3 Å². The first-order valence-electron chi connectivity index (χ1n) is 9.74. The number of rotatable bonds is 5. The molecule has 5 heteroatoms. The van der Waals surface area contributed by atoms with E-state index >= 15 is 0 Å². The molecule has 0 bridgehead atoms. The molecule has 2 heterocycles. The van der Waals surface area contributed by atoms with Crippen LogP contribution in [0.3, 0.4) is 0 Å². The summed E-state index contributed by atoms with van der Waals surface area (Å²) >= 11 is 0.